The summed E-state index contributed by atoms with van der Waals surface area (Å²) in [4.78, 5) is 27.6. The van der Waals surface area contributed by atoms with E-state index in [1.54, 1.807) is 36.2 Å². The largest absolute Gasteiger partial charge is 0.485 e. The summed E-state index contributed by atoms with van der Waals surface area (Å²) in [5, 5.41) is 10.0. The molecule has 0 aliphatic carbocycles. The number of fused-ring (bicyclic) bond motifs is 2. The van der Waals surface area contributed by atoms with E-state index in [-0.39, 0.29) is 12.2 Å². The minimum absolute atomic E-state index is 0.00979. The van der Waals surface area contributed by atoms with Gasteiger partial charge < -0.3 is 19.1 Å². The van der Waals surface area contributed by atoms with Crippen LogP contribution < -0.4 is 14.4 Å². The minimum Gasteiger partial charge on any atom is -0.485 e. The Hall–Kier alpha value is -3.44. The van der Waals surface area contributed by atoms with Crippen molar-refractivity contribution in [2.45, 2.75) is 11.0 Å². The van der Waals surface area contributed by atoms with Gasteiger partial charge in [0.15, 0.2) is 18.1 Å². The normalized spacial score (nSPS) is 18.5. The Kier molecular flexibility index (Phi) is 5.14. The molecular weight excluding hydrogens is 392 g/mol. The molecule has 4 rings (SSSR count). The van der Waals surface area contributed by atoms with Gasteiger partial charge in [0, 0.05) is 11.9 Å². The van der Waals surface area contributed by atoms with Crippen molar-refractivity contribution in [3.8, 4) is 17.6 Å². The van der Waals surface area contributed by atoms with Crippen molar-refractivity contribution in [3.05, 3.63) is 59.1 Å². The highest BCUT2D eigenvalue weighted by Crippen LogP contribution is 2.46. The fraction of sp³-hybridized carbons (Fsp3) is 0.190. The molecule has 2 heterocycles. The van der Waals surface area contributed by atoms with Gasteiger partial charge in [-0.3, -0.25) is 4.79 Å². The molecule has 0 unspecified atom stereocenters. The quantitative estimate of drug-likeness (QED) is 0.433. The van der Waals surface area contributed by atoms with Gasteiger partial charge >= 0.3 is 5.97 Å². The fourth-order valence-corrected chi connectivity index (χ4v) is 4.15. The number of thioether (sulfide) groups is 1. The van der Waals surface area contributed by atoms with Crippen molar-refractivity contribution in [2.24, 2.45) is 0 Å². The smallest absolute Gasteiger partial charge is 0.351 e. The molecule has 0 radical (unpaired) electrons. The number of nitriles is 1. The molecule has 2 aromatic carbocycles. The number of esters is 1. The summed E-state index contributed by atoms with van der Waals surface area (Å²) in [6.07, 6.45) is -0.969. The van der Waals surface area contributed by atoms with Crippen molar-refractivity contribution in [1.29, 1.82) is 5.26 Å². The predicted molar refractivity (Wildman–Crippen MR) is 106 cm³/mol. The van der Waals surface area contributed by atoms with Gasteiger partial charge in [-0.05, 0) is 24.3 Å². The molecule has 146 valence electrons. The van der Waals surface area contributed by atoms with Gasteiger partial charge in [0.1, 0.15) is 23.3 Å². The summed E-state index contributed by atoms with van der Waals surface area (Å²) < 4.78 is 16.2. The van der Waals surface area contributed by atoms with Crippen LogP contribution in [0.25, 0.3) is 0 Å². The van der Waals surface area contributed by atoms with E-state index in [0.717, 1.165) is 10.6 Å². The van der Waals surface area contributed by atoms with Crippen LogP contribution in [0.5, 0.6) is 11.5 Å². The van der Waals surface area contributed by atoms with E-state index in [1.165, 1.54) is 11.8 Å². The zero-order valence-electron chi connectivity index (χ0n) is 15.5. The van der Waals surface area contributed by atoms with Crippen LogP contribution in [-0.4, -0.2) is 38.1 Å². The lowest BCUT2D eigenvalue weighted by molar-refractivity contribution is -0.156. The van der Waals surface area contributed by atoms with E-state index >= 15 is 0 Å². The molecule has 0 N–H and O–H groups in total. The Morgan fingerprint density at radius 2 is 1.93 bits per heavy atom. The third-order valence-electron chi connectivity index (χ3n) is 4.46. The molecule has 0 aromatic heterocycles. The lowest BCUT2D eigenvalue weighted by Crippen LogP contribution is -2.38. The van der Waals surface area contributed by atoms with E-state index in [4.69, 9.17) is 14.2 Å². The second-order valence-corrected chi connectivity index (χ2v) is 7.35. The summed E-state index contributed by atoms with van der Waals surface area (Å²) in [6, 6.07) is 16.5. The molecule has 0 saturated carbocycles. The van der Waals surface area contributed by atoms with E-state index in [1.807, 2.05) is 30.3 Å². The molecule has 0 bridgehead atoms. The van der Waals surface area contributed by atoms with E-state index < -0.39 is 24.5 Å². The number of anilines is 1. The first-order valence-corrected chi connectivity index (χ1v) is 9.63. The molecule has 2 aliphatic heterocycles. The molecule has 8 heteroatoms. The average Bonchev–Trinajstić information content (AvgIpc) is 3.08. The van der Waals surface area contributed by atoms with Crippen molar-refractivity contribution in [3.63, 3.8) is 0 Å². The average molecular weight is 408 g/mol. The number of para-hydroxylation sites is 3. The molecule has 0 spiro atoms. The van der Waals surface area contributed by atoms with Gasteiger partial charge in [0.05, 0.1) is 5.69 Å². The van der Waals surface area contributed by atoms with Crippen LogP contribution in [0, 0.1) is 11.3 Å². The van der Waals surface area contributed by atoms with Crippen molar-refractivity contribution in [2.75, 3.05) is 25.2 Å². The van der Waals surface area contributed by atoms with Gasteiger partial charge in [0.25, 0.3) is 0 Å². The summed E-state index contributed by atoms with van der Waals surface area (Å²) >= 11 is 1.34. The summed E-state index contributed by atoms with van der Waals surface area (Å²) in [5.41, 5.74) is 0.865. The summed E-state index contributed by atoms with van der Waals surface area (Å²) in [7, 11) is 1.79. The number of carbonyl (C=O) groups excluding carboxylic acids is 2. The minimum atomic E-state index is -0.969. The number of carbonyl (C=O) groups is 2. The Bertz CT molecular complexity index is 1060. The van der Waals surface area contributed by atoms with Crippen LogP contribution in [0.2, 0.25) is 0 Å². The Morgan fingerprint density at radius 1 is 1.21 bits per heavy atom. The second-order valence-electron chi connectivity index (χ2n) is 6.32. The van der Waals surface area contributed by atoms with Crippen LogP contribution in [-0.2, 0) is 14.3 Å². The van der Waals surface area contributed by atoms with Crippen LogP contribution in [0.15, 0.2) is 64.0 Å². The first-order valence-electron chi connectivity index (χ1n) is 8.82. The third-order valence-corrected chi connectivity index (χ3v) is 5.70. The van der Waals surface area contributed by atoms with Gasteiger partial charge in [-0.25, -0.2) is 4.79 Å². The molecule has 2 aliphatic rings. The zero-order valence-corrected chi connectivity index (χ0v) is 16.3. The lowest BCUT2D eigenvalue weighted by atomic mass is 10.2. The van der Waals surface area contributed by atoms with Crippen LogP contribution in [0.1, 0.15) is 0 Å². The molecular formula is C21H16N2O5S. The van der Waals surface area contributed by atoms with Crippen molar-refractivity contribution < 1.29 is 23.8 Å². The predicted octanol–water partition coefficient (Wildman–Crippen LogP) is 2.92. The molecule has 0 fully saturated rings. The Labute approximate surface area is 171 Å². The van der Waals surface area contributed by atoms with Crippen LogP contribution in [0.3, 0.4) is 0 Å². The summed E-state index contributed by atoms with van der Waals surface area (Å²) in [5.74, 6) is -0.301. The van der Waals surface area contributed by atoms with E-state index in [9.17, 15) is 14.9 Å². The molecule has 0 saturated heterocycles. The number of hydrogen-bond donors (Lipinski definition) is 0. The number of Topliss-reactive ketones (excluding diaryl/α,β-unsaturated/α-hetero) is 1. The Balaban J connectivity index is 1.42. The highest BCUT2D eigenvalue weighted by atomic mass is 32.2. The second kappa shape index (κ2) is 7.89. The number of hydrogen-bond acceptors (Lipinski definition) is 8. The maximum absolute atomic E-state index is 12.6. The molecule has 0 amide bonds. The van der Waals surface area contributed by atoms with Gasteiger partial charge in [0.2, 0.25) is 11.9 Å². The summed E-state index contributed by atoms with van der Waals surface area (Å²) in [6.45, 7) is -0.554. The van der Waals surface area contributed by atoms with E-state index in [2.05, 4.69) is 0 Å². The van der Waals surface area contributed by atoms with Crippen LogP contribution in [0.4, 0.5) is 5.69 Å². The molecule has 29 heavy (non-hydrogen) atoms. The van der Waals surface area contributed by atoms with Gasteiger partial charge in [-0.15, -0.1) is 0 Å². The standard InChI is InChI=1S/C21H16N2O5S/c1-23-14-6-2-5-9-19(14)29-20(23)13(10-22)15(24)11-27-21(25)18-12-26-16-7-3-4-8-17(16)28-18/h2-9,18H,11-12H2,1H3/b20-13-/t18-/m1/s1. The first kappa shape index (κ1) is 18.9. The highest BCUT2D eigenvalue weighted by Gasteiger charge is 2.31. The molecule has 2 aromatic rings. The third kappa shape index (κ3) is 3.65. The highest BCUT2D eigenvalue weighted by molar-refractivity contribution is 8.03. The topological polar surface area (TPSA) is 88.9 Å². The first-order chi connectivity index (χ1) is 14.1. The number of benzene rings is 2. The molecule has 7 nitrogen and oxygen atoms in total. The molecule has 1 atom stereocenters. The maximum atomic E-state index is 12.6. The number of ketones is 1. The number of nitrogens with zero attached hydrogens (tertiary/aromatic N) is 2. The zero-order chi connectivity index (χ0) is 20.4. The number of rotatable bonds is 4. The monoisotopic (exact) mass is 408 g/mol. The SMILES string of the molecule is CN1/C(=C(\C#N)C(=O)COC(=O)[C@H]2COc3ccccc3O2)Sc2ccccc21. The van der Waals surface area contributed by atoms with Gasteiger partial charge in [-0.1, -0.05) is 36.0 Å². The van der Waals surface area contributed by atoms with Gasteiger partial charge in [-0.2, -0.15) is 5.26 Å². The van der Waals surface area contributed by atoms with Crippen LogP contribution >= 0.6 is 11.8 Å². The Morgan fingerprint density at radius 3 is 2.69 bits per heavy atom. The fourth-order valence-electron chi connectivity index (χ4n) is 2.99. The maximum Gasteiger partial charge on any atom is 0.351 e. The van der Waals surface area contributed by atoms with E-state index in [0.29, 0.717) is 16.5 Å². The number of ether oxygens (including phenoxy) is 3. The van der Waals surface area contributed by atoms with Crippen molar-refractivity contribution >= 4 is 29.2 Å². The van der Waals surface area contributed by atoms with Crippen molar-refractivity contribution in [1.82, 2.24) is 0 Å². The lowest BCUT2D eigenvalue weighted by Gasteiger charge is -2.24.